The number of benzene rings is 1. The van der Waals surface area contributed by atoms with Crippen LogP contribution in [0.2, 0.25) is 0 Å². The zero-order chi connectivity index (χ0) is 15.1. The van der Waals surface area contributed by atoms with Crippen molar-refractivity contribution in [1.29, 1.82) is 0 Å². The van der Waals surface area contributed by atoms with Crippen LogP contribution >= 0.6 is 0 Å². The summed E-state index contributed by atoms with van der Waals surface area (Å²) < 4.78 is 11.3. The molecule has 114 valence electrons. The molecule has 0 aliphatic carbocycles. The summed E-state index contributed by atoms with van der Waals surface area (Å²) in [4.78, 5) is 6.79. The van der Waals surface area contributed by atoms with Gasteiger partial charge in [-0.3, -0.25) is 4.90 Å². The third kappa shape index (κ3) is 2.12. The molecule has 4 rings (SSSR count). The van der Waals surface area contributed by atoms with Crippen molar-refractivity contribution in [1.82, 2.24) is 20.4 Å². The van der Waals surface area contributed by atoms with Gasteiger partial charge in [0.15, 0.2) is 11.6 Å². The number of hydrogen-bond donors (Lipinski definition) is 1. The third-order valence-electron chi connectivity index (χ3n) is 4.29. The summed E-state index contributed by atoms with van der Waals surface area (Å²) in [6.45, 7) is 4.80. The molecule has 1 aliphatic heterocycles. The number of hydrogen-bond acceptors (Lipinski definition) is 6. The lowest BCUT2D eigenvalue weighted by molar-refractivity contribution is 0.190. The summed E-state index contributed by atoms with van der Waals surface area (Å²) in [5, 5.41) is 8.59. The summed E-state index contributed by atoms with van der Waals surface area (Å²) in [6, 6.07) is 8.07. The molecule has 0 bridgehead atoms. The molecule has 1 saturated heterocycles. The number of aryl methyl sites for hydroxylation is 1. The van der Waals surface area contributed by atoms with Crippen molar-refractivity contribution in [3.8, 4) is 11.7 Å². The van der Waals surface area contributed by atoms with Gasteiger partial charge in [0.1, 0.15) is 5.58 Å². The lowest BCUT2D eigenvalue weighted by Crippen LogP contribution is -2.44. The van der Waals surface area contributed by atoms with Gasteiger partial charge in [0.05, 0.1) is 6.04 Å². The molecule has 6 heteroatoms. The predicted molar refractivity (Wildman–Crippen MR) is 82.5 cm³/mol. The van der Waals surface area contributed by atoms with Crippen LogP contribution in [0.3, 0.4) is 0 Å². The first kappa shape index (κ1) is 13.5. The fourth-order valence-corrected chi connectivity index (χ4v) is 2.94. The number of likely N-dealkylation sites (N-methyl/N-ethyl adjacent to an activating group) is 1. The standard InChI is InChI=1S/C16H18N4O2/c1-10-11-5-3-4-6-13(11)21-14(10)16-18-15(19-22-16)12-9-17-7-8-20(12)2/h3-6,12,17H,7-9H2,1-2H3. The van der Waals surface area contributed by atoms with E-state index in [4.69, 9.17) is 8.94 Å². The van der Waals surface area contributed by atoms with E-state index in [2.05, 4.69) is 27.4 Å². The minimum atomic E-state index is 0.135. The topological polar surface area (TPSA) is 67.3 Å². The van der Waals surface area contributed by atoms with Gasteiger partial charge in [-0.1, -0.05) is 23.4 Å². The van der Waals surface area contributed by atoms with Crippen LogP contribution in [0.15, 0.2) is 33.2 Å². The number of fused-ring (bicyclic) bond motifs is 1. The van der Waals surface area contributed by atoms with Crippen LogP contribution in [-0.2, 0) is 0 Å². The Bertz CT molecular complexity index is 807. The van der Waals surface area contributed by atoms with Crippen molar-refractivity contribution in [2.24, 2.45) is 0 Å². The van der Waals surface area contributed by atoms with E-state index < -0.39 is 0 Å². The van der Waals surface area contributed by atoms with Gasteiger partial charge in [0.2, 0.25) is 0 Å². The highest BCUT2D eigenvalue weighted by molar-refractivity contribution is 5.86. The Morgan fingerprint density at radius 1 is 1.32 bits per heavy atom. The van der Waals surface area contributed by atoms with Gasteiger partial charge in [-0.2, -0.15) is 4.98 Å². The smallest absolute Gasteiger partial charge is 0.294 e. The number of aromatic nitrogens is 2. The first-order valence-corrected chi connectivity index (χ1v) is 7.47. The number of piperazine rings is 1. The molecule has 0 amide bonds. The number of rotatable bonds is 2. The maximum absolute atomic E-state index is 5.89. The average molecular weight is 298 g/mol. The van der Waals surface area contributed by atoms with Crippen LogP contribution in [0.1, 0.15) is 17.4 Å². The predicted octanol–water partition coefficient (Wildman–Crippen LogP) is 2.37. The molecule has 1 unspecified atom stereocenters. The van der Waals surface area contributed by atoms with E-state index in [0.29, 0.717) is 17.5 Å². The van der Waals surface area contributed by atoms with Gasteiger partial charge in [-0.25, -0.2) is 0 Å². The fraction of sp³-hybridized carbons (Fsp3) is 0.375. The molecule has 22 heavy (non-hydrogen) atoms. The first-order chi connectivity index (χ1) is 10.7. The monoisotopic (exact) mass is 298 g/mol. The molecule has 1 fully saturated rings. The molecule has 3 heterocycles. The zero-order valence-corrected chi connectivity index (χ0v) is 12.7. The van der Waals surface area contributed by atoms with Crippen molar-refractivity contribution in [2.45, 2.75) is 13.0 Å². The second kappa shape index (κ2) is 5.23. The molecule has 1 atom stereocenters. The van der Waals surface area contributed by atoms with E-state index in [-0.39, 0.29) is 6.04 Å². The van der Waals surface area contributed by atoms with Gasteiger partial charge >= 0.3 is 0 Å². The van der Waals surface area contributed by atoms with E-state index in [0.717, 1.165) is 36.2 Å². The molecular formula is C16H18N4O2. The second-order valence-electron chi connectivity index (χ2n) is 5.71. The van der Waals surface area contributed by atoms with Gasteiger partial charge in [-0.15, -0.1) is 0 Å². The Kier molecular flexibility index (Phi) is 3.20. The molecule has 0 spiro atoms. The molecule has 1 aromatic carbocycles. The van der Waals surface area contributed by atoms with Crippen LogP contribution in [0.5, 0.6) is 0 Å². The molecule has 1 N–H and O–H groups in total. The zero-order valence-electron chi connectivity index (χ0n) is 12.7. The number of nitrogens with zero attached hydrogens (tertiary/aromatic N) is 3. The number of para-hydroxylation sites is 1. The van der Waals surface area contributed by atoms with Crippen molar-refractivity contribution in [2.75, 3.05) is 26.7 Å². The van der Waals surface area contributed by atoms with Crippen molar-refractivity contribution in [3.05, 3.63) is 35.7 Å². The molecule has 0 radical (unpaired) electrons. The Balaban J connectivity index is 1.72. The maximum Gasteiger partial charge on any atom is 0.294 e. The van der Waals surface area contributed by atoms with Gasteiger partial charge in [0, 0.05) is 30.6 Å². The third-order valence-corrected chi connectivity index (χ3v) is 4.29. The highest BCUT2D eigenvalue weighted by Gasteiger charge is 2.27. The minimum absolute atomic E-state index is 0.135. The summed E-state index contributed by atoms with van der Waals surface area (Å²) >= 11 is 0. The SMILES string of the molecule is Cc1c(-c2nc(C3CNCCN3C)no2)oc2ccccc12. The summed E-state index contributed by atoms with van der Waals surface area (Å²) in [5.41, 5.74) is 1.87. The van der Waals surface area contributed by atoms with E-state index >= 15 is 0 Å². The van der Waals surface area contributed by atoms with Crippen LogP contribution in [-0.4, -0.2) is 41.7 Å². The Labute approximate surface area is 128 Å². The van der Waals surface area contributed by atoms with E-state index in [1.165, 1.54) is 0 Å². The quantitative estimate of drug-likeness (QED) is 0.783. The largest absolute Gasteiger partial charge is 0.451 e. The van der Waals surface area contributed by atoms with Gasteiger partial charge in [0.25, 0.3) is 5.89 Å². The van der Waals surface area contributed by atoms with Crippen LogP contribution in [0.4, 0.5) is 0 Å². The Hall–Kier alpha value is -2.18. The summed E-state index contributed by atoms with van der Waals surface area (Å²) in [7, 11) is 2.08. The van der Waals surface area contributed by atoms with Crippen molar-refractivity contribution >= 4 is 11.0 Å². The number of nitrogens with one attached hydrogen (secondary N) is 1. The van der Waals surface area contributed by atoms with Crippen LogP contribution in [0.25, 0.3) is 22.6 Å². The normalized spacial score (nSPS) is 19.8. The van der Waals surface area contributed by atoms with Crippen molar-refractivity contribution < 1.29 is 8.94 Å². The second-order valence-corrected chi connectivity index (χ2v) is 5.71. The molecule has 2 aromatic heterocycles. The number of furan rings is 1. The van der Waals surface area contributed by atoms with Crippen molar-refractivity contribution in [3.63, 3.8) is 0 Å². The maximum atomic E-state index is 5.89. The molecular weight excluding hydrogens is 280 g/mol. The van der Waals surface area contributed by atoms with Crippen LogP contribution in [0, 0.1) is 6.92 Å². The average Bonchev–Trinajstić information content (AvgIpc) is 3.13. The molecule has 1 aliphatic rings. The molecule has 3 aromatic rings. The fourth-order valence-electron chi connectivity index (χ4n) is 2.94. The van der Waals surface area contributed by atoms with E-state index in [1.807, 2.05) is 31.2 Å². The summed E-state index contributed by atoms with van der Waals surface area (Å²) in [5.74, 6) is 1.80. The van der Waals surface area contributed by atoms with Gasteiger partial charge < -0.3 is 14.3 Å². The summed E-state index contributed by atoms with van der Waals surface area (Å²) in [6.07, 6.45) is 0. The highest BCUT2D eigenvalue weighted by Crippen LogP contribution is 2.32. The van der Waals surface area contributed by atoms with Gasteiger partial charge in [-0.05, 0) is 20.0 Å². The van der Waals surface area contributed by atoms with E-state index in [1.54, 1.807) is 0 Å². The molecule has 6 nitrogen and oxygen atoms in total. The Morgan fingerprint density at radius 2 is 2.18 bits per heavy atom. The lowest BCUT2D eigenvalue weighted by atomic mass is 10.1. The minimum Gasteiger partial charge on any atom is -0.451 e. The lowest BCUT2D eigenvalue weighted by Gasteiger charge is -2.30. The van der Waals surface area contributed by atoms with Crippen LogP contribution < -0.4 is 5.32 Å². The van der Waals surface area contributed by atoms with E-state index in [9.17, 15) is 0 Å². The highest BCUT2D eigenvalue weighted by atomic mass is 16.5. The Morgan fingerprint density at radius 3 is 3.00 bits per heavy atom. The first-order valence-electron chi connectivity index (χ1n) is 7.47. The molecule has 0 saturated carbocycles.